The lowest BCUT2D eigenvalue weighted by Gasteiger charge is -2.26. The van der Waals surface area contributed by atoms with Crippen LogP contribution in [0.1, 0.15) is 18.9 Å². The number of urea groups is 1. The molecule has 10 heteroatoms. The molecule has 0 spiro atoms. The van der Waals surface area contributed by atoms with Gasteiger partial charge in [0.25, 0.3) is 5.91 Å². The van der Waals surface area contributed by atoms with Crippen molar-refractivity contribution < 1.29 is 22.4 Å². The second-order valence-electron chi connectivity index (χ2n) is 8.13. The van der Waals surface area contributed by atoms with Crippen molar-refractivity contribution in [1.29, 1.82) is 0 Å². The van der Waals surface area contributed by atoms with E-state index in [2.05, 4.69) is 5.32 Å². The molecular weight excluding hydrogens is 435 g/mol. The maximum atomic E-state index is 13.2. The van der Waals surface area contributed by atoms with E-state index in [-0.39, 0.29) is 24.0 Å². The monoisotopic (exact) mass is 460 g/mol. The molecule has 1 atom stereocenters. The molecule has 32 heavy (non-hydrogen) atoms. The molecule has 2 aliphatic heterocycles. The molecule has 4 rings (SSSR count). The molecule has 0 saturated carbocycles. The number of amides is 3. The molecule has 2 aromatic carbocycles. The molecule has 170 valence electrons. The highest BCUT2D eigenvalue weighted by Gasteiger charge is 2.49. The zero-order valence-electron chi connectivity index (χ0n) is 17.7. The van der Waals surface area contributed by atoms with E-state index in [1.807, 2.05) is 23.1 Å². The number of hydrogen-bond donors (Lipinski definition) is 1. The average molecular weight is 461 g/mol. The molecule has 0 bridgehead atoms. The van der Waals surface area contributed by atoms with Crippen LogP contribution in [-0.2, 0) is 20.4 Å². The molecule has 2 heterocycles. The number of hydrogen-bond acceptors (Lipinski definition) is 5. The quantitative estimate of drug-likeness (QED) is 0.689. The fourth-order valence-electron chi connectivity index (χ4n) is 4.08. The summed E-state index contributed by atoms with van der Waals surface area (Å²) in [5, 5.41) is 2.78. The number of rotatable bonds is 5. The maximum Gasteiger partial charge on any atom is 0.326 e. The Balaban J connectivity index is 1.44. The first-order valence-corrected chi connectivity index (χ1v) is 11.8. The summed E-state index contributed by atoms with van der Waals surface area (Å²) in [7, 11) is -3.75. The van der Waals surface area contributed by atoms with Crippen LogP contribution in [0.15, 0.2) is 59.5 Å². The third-order valence-corrected chi connectivity index (χ3v) is 7.88. The first-order valence-electron chi connectivity index (χ1n) is 10.4. The lowest BCUT2D eigenvalue weighted by molar-refractivity contribution is -0.132. The van der Waals surface area contributed by atoms with Gasteiger partial charge in [-0.15, -0.1) is 0 Å². The van der Waals surface area contributed by atoms with E-state index >= 15 is 0 Å². The summed E-state index contributed by atoms with van der Waals surface area (Å²) in [5.41, 5.74) is -0.435. The summed E-state index contributed by atoms with van der Waals surface area (Å²) in [6.07, 6.45) is 0.542. The van der Waals surface area contributed by atoms with Crippen molar-refractivity contribution in [2.75, 3.05) is 32.8 Å². The van der Waals surface area contributed by atoms with Crippen LogP contribution in [0, 0.1) is 5.82 Å². The van der Waals surface area contributed by atoms with E-state index < -0.39 is 27.4 Å². The number of sulfonamides is 1. The van der Waals surface area contributed by atoms with Crippen molar-refractivity contribution in [3.8, 4) is 0 Å². The fraction of sp³-hybridized carbons (Fsp3) is 0.364. The SMILES string of the molecule is CC1(c2ccccc2)NC(=O)N(CN2CCCN(S(=O)(=O)c3ccc(F)cc3)CC2)C1=O. The van der Waals surface area contributed by atoms with Gasteiger partial charge in [0, 0.05) is 26.2 Å². The van der Waals surface area contributed by atoms with Crippen LogP contribution in [0.4, 0.5) is 9.18 Å². The number of imide groups is 1. The highest BCUT2D eigenvalue weighted by Crippen LogP contribution is 2.29. The first-order chi connectivity index (χ1) is 15.2. The Bertz CT molecular complexity index is 1110. The molecule has 3 amide bonds. The van der Waals surface area contributed by atoms with Gasteiger partial charge in [-0.3, -0.25) is 9.69 Å². The van der Waals surface area contributed by atoms with Gasteiger partial charge in [0.1, 0.15) is 11.4 Å². The normalized spacial score (nSPS) is 23.2. The van der Waals surface area contributed by atoms with Gasteiger partial charge in [-0.05, 0) is 43.2 Å². The fourth-order valence-corrected chi connectivity index (χ4v) is 5.55. The second kappa shape index (κ2) is 8.61. The molecule has 2 saturated heterocycles. The summed E-state index contributed by atoms with van der Waals surface area (Å²) in [4.78, 5) is 28.8. The molecule has 0 radical (unpaired) electrons. The number of carbonyl (C=O) groups is 2. The largest absolute Gasteiger partial charge is 0.326 e. The van der Waals surface area contributed by atoms with Crippen LogP contribution in [0.25, 0.3) is 0 Å². The van der Waals surface area contributed by atoms with Crippen LogP contribution in [-0.4, -0.2) is 67.3 Å². The van der Waals surface area contributed by atoms with Gasteiger partial charge in [0.15, 0.2) is 0 Å². The minimum absolute atomic E-state index is 0.0417. The molecule has 1 unspecified atom stereocenters. The summed E-state index contributed by atoms with van der Waals surface area (Å²) in [6, 6.07) is 13.3. The first kappa shape index (κ1) is 22.4. The minimum atomic E-state index is -3.75. The van der Waals surface area contributed by atoms with Crippen molar-refractivity contribution >= 4 is 22.0 Å². The Kier molecular flexibility index (Phi) is 6.02. The van der Waals surface area contributed by atoms with Crippen molar-refractivity contribution in [3.05, 3.63) is 66.0 Å². The molecule has 0 aliphatic carbocycles. The highest BCUT2D eigenvalue weighted by molar-refractivity contribution is 7.89. The Morgan fingerprint density at radius 3 is 2.34 bits per heavy atom. The summed E-state index contributed by atoms with van der Waals surface area (Å²) in [5.74, 6) is -0.837. The van der Waals surface area contributed by atoms with E-state index in [1.165, 1.54) is 21.3 Å². The average Bonchev–Trinajstić information content (AvgIpc) is 2.94. The lowest BCUT2D eigenvalue weighted by atomic mass is 9.92. The topological polar surface area (TPSA) is 90.0 Å². The summed E-state index contributed by atoms with van der Waals surface area (Å²) >= 11 is 0. The number of benzene rings is 2. The Labute approximate surface area is 186 Å². The highest BCUT2D eigenvalue weighted by atomic mass is 32.2. The minimum Gasteiger partial charge on any atom is -0.319 e. The molecule has 1 N–H and O–H groups in total. The lowest BCUT2D eigenvalue weighted by Crippen LogP contribution is -2.45. The van der Waals surface area contributed by atoms with E-state index in [9.17, 15) is 22.4 Å². The van der Waals surface area contributed by atoms with Gasteiger partial charge >= 0.3 is 6.03 Å². The molecule has 8 nitrogen and oxygen atoms in total. The third-order valence-electron chi connectivity index (χ3n) is 5.97. The second-order valence-corrected chi connectivity index (χ2v) is 10.1. The molecular formula is C22H25FN4O4S. The van der Waals surface area contributed by atoms with Crippen molar-refractivity contribution in [2.45, 2.75) is 23.8 Å². The number of nitrogens with one attached hydrogen (secondary N) is 1. The molecule has 0 aromatic heterocycles. The molecule has 2 aromatic rings. The summed E-state index contributed by atoms with van der Waals surface area (Å²) in [6.45, 7) is 3.17. The number of nitrogens with zero attached hydrogens (tertiary/aromatic N) is 3. The van der Waals surface area contributed by atoms with Gasteiger partial charge in [0.2, 0.25) is 10.0 Å². The van der Waals surface area contributed by atoms with Crippen molar-refractivity contribution in [1.82, 2.24) is 19.4 Å². The van der Waals surface area contributed by atoms with Crippen LogP contribution in [0.2, 0.25) is 0 Å². The molecule has 2 aliphatic rings. The standard InChI is InChI=1S/C22H25FN4O4S/c1-22(17-6-3-2-4-7-17)20(28)27(21(29)24-22)16-25-12-5-13-26(15-14-25)32(30,31)19-10-8-18(23)9-11-19/h2-4,6-11H,5,12-16H2,1H3,(H,24,29). The Hall–Kier alpha value is -2.82. The smallest absolute Gasteiger partial charge is 0.319 e. The van der Waals surface area contributed by atoms with Crippen molar-refractivity contribution in [2.24, 2.45) is 0 Å². The van der Waals surface area contributed by atoms with E-state index in [0.29, 0.717) is 31.6 Å². The maximum absolute atomic E-state index is 13.2. The molecule has 2 fully saturated rings. The van der Waals surface area contributed by atoms with Gasteiger partial charge in [-0.25, -0.2) is 22.5 Å². The van der Waals surface area contributed by atoms with Crippen LogP contribution < -0.4 is 5.32 Å². The number of halogens is 1. The van der Waals surface area contributed by atoms with Gasteiger partial charge in [-0.2, -0.15) is 4.31 Å². The summed E-state index contributed by atoms with van der Waals surface area (Å²) < 4.78 is 40.3. The van der Waals surface area contributed by atoms with Crippen LogP contribution in [0.5, 0.6) is 0 Å². The van der Waals surface area contributed by atoms with E-state index in [4.69, 9.17) is 0 Å². The van der Waals surface area contributed by atoms with Crippen LogP contribution >= 0.6 is 0 Å². The third kappa shape index (κ3) is 4.13. The predicted octanol–water partition coefficient (Wildman–Crippen LogP) is 1.95. The zero-order chi connectivity index (χ0) is 22.9. The van der Waals surface area contributed by atoms with Gasteiger partial charge < -0.3 is 5.32 Å². The number of carbonyl (C=O) groups excluding carboxylic acids is 2. The van der Waals surface area contributed by atoms with Gasteiger partial charge in [0.05, 0.1) is 11.6 Å². The zero-order valence-corrected chi connectivity index (χ0v) is 18.5. The van der Waals surface area contributed by atoms with Crippen molar-refractivity contribution in [3.63, 3.8) is 0 Å². The predicted molar refractivity (Wildman–Crippen MR) is 115 cm³/mol. The van der Waals surface area contributed by atoms with Gasteiger partial charge in [-0.1, -0.05) is 30.3 Å². The van der Waals surface area contributed by atoms with E-state index in [1.54, 1.807) is 19.1 Å². The van der Waals surface area contributed by atoms with E-state index in [0.717, 1.165) is 12.1 Å². The Morgan fingerprint density at radius 2 is 1.66 bits per heavy atom. The Morgan fingerprint density at radius 1 is 0.969 bits per heavy atom. The van der Waals surface area contributed by atoms with Crippen LogP contribution in [0.3, 0.4) is 0 Å².